The molecule has 0 saturated heterocycles. The molecule has 2 aromatic heterocycles. The van der Waals surface area contributed by atoms with Gasteiger partial charge in [-0.15, -0.1) is 9.50 Å². The molecule has 11 heteroatoms. The zero-order valence-electron chi connectivity index (χ0n) is 15.8. The first-order chi connectivity index (χ1) is 14.0. The Labute approximate surface area is 183 Å². The first-order valence-electron chi connectivity index (χ1n) is 8.71. The van der Waals surface area contributed by atoms with Crippen molar-refractivity contribution in [3.05, 3.63) is 75.5 Å². The van der Waals surface area contributed by atoms with E-state index >= 15 is 0 Å². The van der Waals surface area contributed by atoms with Crippen molar-refractivity contribution in [2.75, 3.05) is 0 Å². The zero-order chi connectivity index (χ0) is 22.1. The maximum absolute atomic E-state index is 9.75. The van der Waals surface area contributed by atoms with Gasteiger partial charge in [-0.3, -0.25) is 0 Å². The van der Waals surface area contributed by atoms with Crippen LogP contribution in [0.3, 0.4) is 0 Å². The number of fused-ring (bicyclic) bond motifs is 1. The Morgan fingerprint density at radius 2 is 1.53 bits per heavy atom. The van der Waals surface area contributed by atoms with Crippen molar-refractivity contribution in [3.63, 3.8) is 0 Å². The van der Waals surface area contributed by atoms with E-state index in [-0.39, 0.29) is 0 Å². The minimum absolute atomic E-state index is 0.702. The third kappa shape index (κ3) is 5.37. The molecule has 4 rings (SSSR count). The Balaban J connectivity index is 0.000000461. The van der Waals surface area contributed by atoms with Crippen LogP contribution in [0.1, 0.15) is 11.4 Å². The number of halogens is 6. The molecule has 0 aliphatic rings. The molecule has 2 heterocycles. The molecule has 0 spiro atoms. The van der Waals surface area contributed by atoms with Gasteiger partial charge >= 0.3 is 12.9 Å². The molecule has 0 saturated carbocycles. The van der Waals surface area contributed by atoms with E-state index in [4.69, 9.17) is 21.7 Å². The summed E-state index contributed by atoms with van der Waals surface area (Å²) in [4.78, 5) is 6.62. The minimum Gasteiger partial charge on any atom is -0.418 e. The van der Waals surface area contributed by atoms with Gasteiger partial charge in [-0.25, -0.2) is 0 Å². The molecule has 30 heavy (non-hydrogen) atoms. The summed E-state index contributed by atoms with van der Waals surface area (Å²) in [5, 5.41) is 5.55. The number of aromatic nitrogens is 4. The van der Waals surface area contributed by atoms with Crippen LogP contribution in [-0.2, 0) is 0 Å². The highest BCUT2D eigenvalue weighted by Gasteiger charge is 2.25. The fourth-order valence-electron chi connectivity index (χ4n) is 2.90. The van der Waals surface area contributed by atoms with E-state index in [9.17, 15) is 17.3 Å². The molecule has 0 radical (unpaired) electrons. The Hall–Kier alpha value is -2.46. The van der Waals surface area contributed by atoms with Gasteiger partial charge in [-0.1, -0.05) is 32.3 Å². The lowest BCUT2D eigenvalue weighted by molar-refractivity contribution is -0.612. The van der Waals surface area contributed by atoms with Gasteiger partial charge in [-0.05, 0) is 67.5 Å². The molecular weight excluding hydrogens is 486 g/mol. The van der Waals surface area contributed by atoms with Gasteiger partial charge < -0.3 is 17.3 Å². The van der Waals surface area contributed by atoms with Crippen molar-refractivity contribution in [3.8, 4) is 16.9 Å². The molecule has 4 aromatic rings. The van der Waals surface area contributed by atoms with Crippen LogP contribution in [0.15, 0.2) is 59.1 Å². The van der Waals surface area contributed by atoms with Crippen molar-refractivity contribution in [1.82, 2.24) is 14.9 Å². The first-order valence-corrected chi connectivity index (χ1v) is 9.88. The lowest BCUT2D eigenvalue weighted by atomic mass is 10.1. The number of hydrogen-bond acceptors (Lipinski definition) is 2. The number of nitrogens with zero attached hydrogens (tertiary/aromatic N) is 4. The van der Waals surface area contributed by atoms with Crippen molar-refractivity contribution in [2.24, 2.45) is 0 Å². The summed E-state index contributed by atoms with van der Waals surface area (Å²) in [6, 6.07) is 17.8. The highest BCUT2D eigenvalue weighted by atomic mass is 79.9. The smallest absolute Gasteiger partial charge is 0.418 e. The highest BCUT2D eigenvalue weighted by Crippen LogP contribution is 2.23. The molecule has 0 aliphatic heterocycles. The third-order valence-electron chi connectivity index (χ3n) is 4.01. The molecule has 4 nitrogen and oxygen atoms in total. The van der Waals surface area contributed by atoms with Crippen molar-refractivity contribution < 1.29 is 21.8 Å². The quantitative estimate of drug-likeness (QED) is 0.192. The average molecular weight is 502 g/mol. The van der Waals surface area contributed by atoms with Crippen LogP contribution in [0.2, 0.25) is 5.02 Å². The topological polar surface area (TPSA) is 34.8 Å². The second kappa shape index (κ2) is 8.73. The Bertz CT molecular complexity index is 1170. The predicted octanol–water partition coefficient (Wildman–Crippen LogP) is 6.01. The highest BCUT2D eigenvalue weighted by molar-refractivity contribution is 9.10. The first kappa shape index (κ1) is 22.2. The summed E-state index contributed by atoms with van der Waals surface area (Å²) in [7, 11) is -6.00. The fourth-order valence-corrected chi connectivity index (χ4v) is 3.29. The Morgan fingerprint density at radius 1 is 0.967 bits per heavy atom. The molecular formula is C19H15BBrClF4N4. The molecule has 0 atom stereocenters. The van der Waals surface area contributed by atoms with Crippen molar-refractivity contribution >= 4 is 40.4 Å². The summed E-state index contributed by atoms with van der Waals surface area (Å²) in [6.07, 6.45) is 0. The van der Waals surface area contributed by atoms with Gasteiger partial charge in [-0.2, -0.15) is 0 Å². The third-order valence-corrected chi connectivity index (χ3v) is 4.79. The van der Waals surface area contributed by atoms with E-state index in [1.54, 1.807) is 0 Å². The monoisotopic (exact) mass is 500 g/mol. The van der Waals surface area contributed by atoms with Gasteiger partial charge in [0, 0.05) is 21.1 Å². The Kier molecular flexibility index (Phi) is 6.47. The maximum Gasteiger partial charge on any atom is 0.673 e. The second-order valence-electron chi connectivity index (χ2n) is 6.39. The summed E-state index contributed by atoms with van der Waals surface area (Å²) in [5.41, 5.74) is 5.62. The molecule has 2 aromatic carbocycles. The maximum atomic E-state index is 9.75. The zero-order valence-corrected chi connectivity index (χ0v) is 18.2. The van der Waals surface area contributed by atoms with E-state index in [2.05, 4.69) is 28.9 Å². The van der Waals surface area contributed by atoms with Gasteiger partial charge in [0.15, 0.2) is 0 Å². The Morgan fingerprint density at radius 3 is 2.10 bits per heavy atom. The standard InChI is InChI=1S/C19H15BrClN4.BF4/c1-12-11-13(2)24-19(22-12)18(14-3-7-16(21)8-4-14)23-25(24)17-9-5-15(20)6-10-17;2-1(3,4)5/h3-11H,1-2H3;/q+1;-1. The van der Waals surface area contributed by atoms with Crippen LogP contribution in [0, 0.1) is 13.8 Å². The van der Waals surface area contributed by atoms with Crippen molar-refractivity contribution in [2.45, 2.75) is 13.8 Å². The summed E-state index contributed by atoms with van der Waals surface area (Å²) >= 11 is 9.51. The number of rotatable bonds is 2. The van der Waals surface area contributed by atoms with E-state index in [1.807, 2.05) is 64.8 Å². The van der Waals surface area contributed by atoms with Gasteiger partial charge in [0.25, 0.3) is 0 Å². The second-order valence-corrected chi connectivity index (χ2v) is 7.74. The van der Waals surface area contributed by atoms with Crippen LogP contribution >= 0.6 is 27.5 Å². The van der Waals surface area contributed by atoms with E-state index in [0.29, 0.717) is 5.02 Å². The van der Waals surface area contributed by atoms with Crippen LogP contribution in [0.4, 0.5) is 17.3 Å². The van der Waals surface area contributed by atoms with Crippen LogP contribution in [0.5, 0.6) is 0 Å². The SMILES string of the molecule is Cc1cc(C)[n+]2c(n1)c(-c1ccc(Cl)cc1)nn2-c1ccc(Br)cc1.F[B-](F)(F)F. The fraction of sp³-hybridized carbons (Fsp3) is 0.105. The van der Waals surface area contributed by atoms with Gasteiger partial charge in [0.05, 0.1) is 0 Å². The van der Waals surface area contributed by atoms with Gasteiger partial charge in [0.1, 0.15) is 17.1 Å². The minimum atomic E-state index is -6.00. The average Bonchev–Trinajstić information content (AvgIpc) is 3.01. The normalized spacial score (nSPS) is 11.3. The summed E-state index contributed by atoms with van der Waals surface area (Å²) in [5.74, 6) is 0. The van der Waals surface area contributed by atoms with Crippen LogP contribution < -0.4 is 4.52 Å². The number of benzene rings is 2. The van der Waals surface area contributed by atoms with Crippen molar-refractivity contribution in [1.29, 1.82) is 0 Å². The molecule has 156 valence electrons. The summed E-state index contributed by atoms with van der Waals surface area (Å²) < 4.78 is 42.1. The number of aryl methyl sites for hydroxylation is 2. The molecule has 0 aliphatic carbocycles. The van der Waals surface area contributed by atoms with E-state index in [0.717, 1.165) is 38.5 Å². The largest absolute Gasteiger partial charge is 0.673 e. The summed E-state index contributed by atoms with van der Waals surface area (Å²) in [6.45, 7) is 4.06. The van der Waals surface area contributed by atoms with Gasteiger partial charge in [0.2, 0.25) is 5.69 Å². The van der Waals surface area contributed by atoms with Crippen LogP contribution in [-0.4, -0.2) is 22.1 Å². The van der Waals surface area contributed by atoms with Crippen LogP contribution in [0.25, 0.3) is 22.6 Å². The van der Waals surface area contributed by atoms with E-state index in [1.165, 1.54) is 0 Å². The van der Waals surface area contributed by atoms with E-state index < -0.39 is 7.25 Å². The lowest BCUT2D eigenvalue weighted by Gasteiger charge is -2.01. The molecule has 0 bridgehead atoms. The molecule has 0 N–H and O–H groups in total. The molecule has 0 fully saturated rings. The predicted molar refractivity (Wildman–Crippen MR) is 112 cm³/mol. The molecule has 0 unspecified atom stereocenters. The lowest BCUT2D eigenvalue weighted by Crippen LogP contribution is -2.36. The molecule has 0 amide bonds. The number of hydrogen-bond donors (Lipinski definition) is 0.